The maximum atomic E-state index is 13.1. The van der Waals surface area contributed by atoms with Gasteiger partial charge in [-0.05, 0) is 6.07 Å². The predicted octanol–water partition coefficient (Wildman–Crippen LogP) is 2.51. The fraction of sp³-hybridized carbons (Fsp3) is 0.455. The van der Waals surface area contributed by atoms with Crippen LogP contribution in [-0.4, -0.2) is 29.6 Å². The van der Waals surface area contributed by atoms with E-state index in [4.69, 9.17) is 21.1 Å². The third-order valence-corrected chi connectivity index (χ3v) is 3.28. The van der Waals surface area contributed by atoms with Gasteiger partial charge in [-0.15, -0.1) is 11.6 Å². The fourth-order valence-electron chi connectivity index (χ4n) is 1.84. The summed E-state index contributed by atoms with van der Waals surface area (Å²) in [5.74, 6) is -0.693. The third kappa shape index (κ3) is 2.39. The van der Waals surface area contributed by atoms with Crippen LogP contribution in [0, 0.1) is 15.9 Å². The normalized spacial score (nSPS) is 26.5. The molecule has 0 aliphatic heterocycles. The van der Waals surface area contributed by atoms with Crippen molar-refractivity contribution in [2.75, 3.05) is 7.11 Å². The second-order valence-electron chi connectivity index (χ2n) is 3.98. The maximum Gasteiger partial charge on any atom is 0.311 e. The van der Waals surface area contributed by atoms with Crippen LogP contribution >= 0.6 is 11.6 Å². The number of nitro groups is 1. The summed E-state index contributed by atoms with van der Waals surface area (Å²) < 4.78 is 23.6. The Morgan fingerprint density at radius 3 is 2.83 bits per heavy atom. The Kier molecular flexibility index (Phi) is 3.68. The zero-order chi connectivity index (χ0) is 13.3. The lowest BCUT2D eigenvalue weighted by Crippen LogP contribution is -2.52. The molecule has 18 heavy (non-hydrogen) atoms. The van der Waals surface area contributed by atoms with Crippen molar-refractivity contribution < 1.29 is 18.8 Å². The monoisotopic (exact) mass is 275 g/mol. The van der Waals surface area contributed by atoms with Gasteiger partial charge in [-0.1, -0.05) is 0 Å². The Morgan fingerprint density at radius 1 is 1.56 bits per heavy atom. The van der Waals surface area contributed by atoms with Crippen molar-refractivity contribution >= 4 is 17.3 Å². The quantitative estimate of drug-likeness (QED) is 0.481. The highest BCUT2D eigenvalue weighted by atomic mass is 35.5. The molecule has 1 aliphatic carbocycles. The van der Waals surface area contributed by atoms with Crippen molar-refractivity contribution in [1.29, 1.82) is 0 Å². The van der Waals surface area contributed by atoms with E-state index in [1.54, 1.807) is 0 Å². The molecular formula is C11H11ClFNO4. The molecule has 0 aromatic heterocycles. The van der Waals surface area contributed by atoms with Gasteiger partial charge in [0.2, 0.25) is 0 Å². The molecular weight excluding hydrogens is 265 g/mol. The number of ether oxygens (including phenoxy) is 2. The average molecular weight is 276 g/mol. The van der Waals surface area contributed by atoms with E-state index in [1.165, 1.54) is 7.11 Å². The van der Waals surface area contributed by atoms with Gasteiger partial charge in [-0.25, -0.2) is 4.39 Å². The minimum Gasteiger partial charge on any atom is -0.481 e. The molecule has 1 aromatic carbocycles. The fourth-order valence-corrected chi connectivity index (χ4v) is 2.28. The van der Waals surface area contributed by atoms with E-state index in [0.29, 0.717) is 6.42 Å². The summed E-state index contributed by atoms with van der Waals surface area (Å²) in [6.07, 6.45) is -0.221. The Labute approximate surface area is 108 Å². The van der Waals surface area contributed by atoms with Gasteiger partial charge >= 0.3 is 5.69 Å². The molecule has 1 saturated carbocycles. The highest BCUT2D eigenvalue weighted by Crippen LogP contribution is 2.36. The highest BCUT2D eigenvalue weighted by Gasteiger charge is 2.43. The van der Waals surface area contributed by atoms with Crippen LogP contribution in [-0.2, 0) is 4.74 Å². The lowest BCUT2D eigenvalue weighted by molar-refractivity contribution is -0.386. The number of halogens is 2. The molecule has 0 radical (unpaired) electrons. The lowest BCUT2D eigenvalue weighted by Gasteiger charge is -2.39. The molecule has 0 amide bonds. The third-order valence-electron chi connectivity index (χ3n) is 2.85. The van der Waals surface area contributed by atoms with Gasteiger partial charge in [0.05, 0.1) is 10.3 Å². The van der Waals surface area contributed by atoms with E-state index in [1.807, 2.05) is 0 Å². The molecule has 1 aromatic rings. The van der Waals surface area contributed by atoms with E-state index >= 15 is 0 Å². The number of hydrogen-bond donors (Lipinski definition) is 0. The van der Waals surface area contributed by atoms with Crippen LogP contribution in [0.25, 0.3) is 0 Å². The highest BCUT2D eigenvalue weighted by molar-refractivity contribution is 6.21. The minimum absolute atomic E-state index is 0.101. The van der Waals surface area contributed by atoms with Crippen molar-refractivity contribution in [3.63, 3.8) is 0 Å². The molecule has 5 nitrogen and oxygen atoms in total. The molecule has 3 atom stereocenters. The van der Waals surface area contributed by atoms with Gasteiger partial charge in [0.1, 0.15) is 18.0 Å². The number of methoxy groups -OCH3 is 1. The molecule has 2 rings (SSSR count). The van der Waals surface area contributed by atoms with Crippen LogP contribution < -0.4 is 4.74 Å². The Balaban J connectivity index is 2.18. The first-order valence-electron chi connectivity index (χ1n) is 5.30. The van der Waals surface area contributed by atoms with Crippen molar-refractivity contribution in [3.8, 4) is 5.75 Å². The molecule has 0 saturated heterocycles. The maximum absolute atomic E-state index is 13.1. The second-order valence-corrected chi connectivity index (χ2v) is 4.54. The lowest BCUT2D eigenvalue weighted by atomic mass is 9.91. The average Bonchev–Trinajstić information content (AvgIpc) is 2.28. The minimum atomic E-state index is -0.618. The number of hydrogen-bond acceptors (Lipinski definition) is 4. The van der Waals surface area contributed by atoms with Crippen LogP contribution in [0.2, 0.25) is 0 Å². The smallest absolute Gasteiger partial charge is 0.311 e. The van der Waals surface area contributed by atoms with Gasteiger partial charge in [0, 0.05) is 25.7 Å². The van der Waals surface area contributed by atoms with Crippen molar-refractivity contribution in [2.45, 2.75) is 24.0 Å². The first-order chi connectivity index (χ1) is 8.52. The largest absolute Gasteiger partial charge is 0.481 e. The van der Waals surface area contributed by atoms with Crippen molar-refractivity contribution in [1.82, 2.24) is 0 Å². The van der Waals surface area contributed by atoms with Gasteiger partial charge in [0.25, 0.3) is 0 Å². The summed E-state index contributed by atoms with van der Waals surface area (Å²) in [5.41, 5.74) is -0.274. The first-order valence-corrected chi connectivity index (χ1v) is 5.74. The van der Waals surface area contributed by atoms with Gasteiger partial charge in [-0.2, -0.15) is 0 Å². The van der Waals surface area contributed by atoms with Crippen molar-refractivity contribution in [2.24, 2.45) is 0 Å². The van der Waals surface area contributed by atoms with Gasteiger partial charge < -0.3 is 9.47 Å². The molecule has 98 valence electrons. The molecule has 1 aliphatic rings. The molecule has 0 spiro atoms. The second kappa shape index (κ2) is 5.07. The number of nitro benzene ring substituents is 1. The van der Waals surface area contributed by atoms with Gasteiger partial charge in [0.15, 0.2) is 5.75 Å². The molecule has 7 heteroatoms. The first kappa shape index (κ1) is 13.0. The van der Waals surface area contributed by atoms with Crippen LogP contribution in [0.4, 0.5) is 10.1 Å². The zero-order valence-corrected chi connectivity index (χ0v) is 10.3. The van der Waals surface area contributed by atoms with Crippen LogP contribution in [0.1, 0.15) is 6.42 Å². The van der Waals surface area contributed by atoms with Gasteiger partial charge in [-0.3, -0.25) is 10.1 Å². The van der Waals surface area contributed by atoms with E-state index in [0.717, 1.165) is 18.2 Å². The number of alkyl halides is 1. The number of rotatable bonds is 4. The Morgan fingerprint density at radius 2 is 2.28 bits per heavy atom. The number of benzene rings is 1. The van der Waals surface area contributed by atoms with Crippen LogP contribution in [0.5, 0.6) is 5.75 Å². The SMILES string of the molecule is COC1C(Cl)CC1Oc1cc(F)ccc1[N+](=O)[O-]. The van der Waals surface area contributed by atoms with Crippen LogP contribution in [0.15, 0.2) is 18.2 Å². The van der Waals surface area contributed by atoms with E-state index < -0.39 is 16.8 Å². The summed E-state index contributed by atoms with van der Waals surface area (Å²) in [6.45, 7) is 0. The zero-order valence-electron chi connectivity index (χ0n) is 9.51. The topological polar surface area (TPSA) is 61.6 Å². The van der Waals surface area contributed by atoms with Crippen molar-refractivity contribution in [3.05, 3.63) is 34.1 Å². The summed E-state index contributed by atoms with van der Waals surface area (Å²) >= 11 is 5.90. The van der Waals surface area contributed by atoms with E-state index in [9.17, 15) is 14.5 Å². The summed E-state index contributed by atoms with van der Waals surface area (Å²) in [4.78, 5) is 10.2. The van der Waals surface area contributed by atoms with Crippen LogP contribution in [0.3, 0.4) is 0 Å². The molecule has 3 unspecified atom stereocenters. The molecule has 0 bridgehead atoms. The van der Waals surface area contributed by atoms with E-state index in [2.05, 4.69) is 0 Å². The molecule has 0 heterocycles. The standard InChI is InChI=1S/C11H11ClFNO4/c1-17-11-7(12)5-10(11)18-9-4-6(13)2-3-8(9)14(15)16/h2-4,7,10-11H,5H2,1H3. The summed E-state index contributed by atoms with van der Waals surface area (Å²) in [5, 5.41) is 10.6. The number of nitrogens with zero attached hydrogens (tertiary/aromatic N) is 1. The summed E-state index contributed by atoms with van der Waals surface area (Å²) in [6, 6.07) is 3.08. The summed E-state index contributed by atoms with van der Waals surface area (Å²) in [7, 11) is 1.48. The molecule has 1 fully saturated rings. The molecule has 0 N–H and O–H groups in total. The predicted molar refractivity (Wildman–Crippen MR) is 62.5 cm³/mol. The Hall–Kier alpha value is -1.40. The van der Waals surface area contributed by atoms with E-state index in [-0.39, 0.29) is 22.9 Å². The Bertz CT molecular complexity index is 470.